The molecule has 160 valence electrons. The quantitative estimate of drug-likeness (QED) is 0.222. The highest BCUT2D eigenvalue weighted by molar-refractivity contribution is 9.10. The summed E-state index contributed by atoms with van der Waals surface area (Å²) < 4.78 is 2.93. The topological polar surface area (TPSA) is 85.1 Å². The van der Waals surface area contributed by atoms with Gasteiger partial charge in [0.25, 0.3) is 5.91 Å². The summed E-state index contributed by atoms with van der Waals surface area (Å²) >= 11 is 4.77. The number of hydrogen-bond donors (Lipinski definition) is 1. The van der Waals surface area contributed by atoms with Crippen LogP contribution >= 0.6 is 27.7 Å². The lowest BCUT2D eigenvalue weighted by Gasteiger charge is -2.10. The zero-order valence-corrected chi connectivity index (χ0v) is 19.5. The van der Waals surface area contributed by atoms with Crippen molar-refractivity contribution in [3.63, 3.8) is 0 Å². The normalized spacial score (nSPS) is 11.4. The molecule has 9 heteroatoms. The number of nitrogens with zero attached hydrogens (tertiary/aromatic N) is 5. The average Bonchev–Trinajstić information content (AvgIpc) is 3.27. The third-order valence-corrected chi connectivity index (χ3v) is 5.97. The highest BCUT2D eigenvalue weighted by Crippen LogP contribution is 2.28. The molecule has 0 spiro atoms. The van der Waals surface area contributed by atoms with Gasteiger partial charge in [-0.05, 0) is 37.3 Å². The molecule has 2 aromatic heterocycles. The summed E-state index contributed by atoms with van der Waals surface area (Å²) in [5.41, 5.74) is 5.97. The molecule has 0 aliphatic heterocycles. The van der Waals surface area contributed by atoms with E-state index in [0.717, 1.165) is 21.3 Å². The Labute approximate surface area is 198 Å². The van der Waals surface area contributed by atoms with Crippen LogP contribution in [0.5, 0.6) is 0 Å². The molecule has 32 heavy (non-hydrogen) atoms. The van der Waals surface area contributed by atoms with Crippen LogP contribution in [-0.2, 0) is 4.79 Å². The highest BCUT2D eigenvalue weighted by Gasteiger charge is 2.17. The summed E-state index contributed by atoms with van der Waals surface area (Å²) in [7, 11) is 0. The molecule has 2 aromatic carbocycles. The van der Waals surface area contributed by atoms with Crippen molar-refractivity contribution in [1.29, 1.82) is 0 Å². The number of carbonyl (C=O) groups is 1. The van der Waals surface area contributed by atoms with Gasteiger partial charge in [0.05, 0.1) is 11.5 Å². The molecule has 2 heterocycles. The summed E-state index contributed by atoms with van der Waals surface area (Å²) in [6.07, 6.45) is 3.39. The van der Waals surface area contributed by atoms with Crippen molar-refractivity contribution in [3.05, 3.63) is 89.2 Å². The molecule has 4 rings (SSSR count). The number of rotatable bonds is 7. The number of hydrogen-bond acceptors (Lipinski definition) is 6. The molecule has 1 amide bonds. The van der Waals surface area contributed by atoms with E-state index in [2.05, 4.69) is 41.6 Å². The molecule has 0 unspecified atom stereocenters. The van der Waals surface area contributed by atoms with Crippen molar-refractivity contribution >= 4 is 39.3 Å². The molecule has 0 aliphatic carbocycles. The monoisotopic (exact) mass is 506 g/mol. The SMILES string of the molecule is C/C(=N/NC(=O)CSc1nnc(-c2ccccc2)n1-c1ccc(Br)cc1)c1cccnc1. The van der Waals surface area contributed by atoms with Crippen LogP contribution in [0.4, 0.5) is 0 Å². The maximum atomic E-state index is 12.4. The molecular weight excluding hydrogens is 488 g/mol. The van der Waals surface area contributed by atoms with Crippen LogP contribution in [0.15, 0.2) is 93.9 Å². The van der Waals surface area contributed by atoms with Gasteiger partial charge in [0.1, 0.15) is 0 Å². The summed E-state index contributed by atoms with van der Waals surface area (Å²) in [6, 6.07) is 21.4. The fraction of sp³-hybridized carbons (Fsp3) is 0.0870. The summed E-state index contributed by atoms with van der Waals surface area (Å²) in [4.78, 5) is 16.5. The van der Waals surface area contributed by atoms with Crippen molar-refractivity contribution in [2.75, 3.05) is 5.75 Å². The minimum absolute atomic E-state index is 0.146. The van der Waals surface area contributed by atoms with Gasteiger partial charge in [0.2, 0.25) is 0 Å². The first-order valence-corrected chi connectivity index (χ1v) is 11.5. The lowest BCUT2D eigenvalue weighted by Crippen LogP contribution is -2.21. The van der Waals surface area contributed by atoms with Crippen LogP contribution in [0.1, 0.15) is 12.5 Å². The number of halogens is 1. The van der Waals surface area contributed by atoms with Crippen molar-refractivity contribution < 1.29 is 4.79 Å². The van der Waals surface area contributed by atoms with Gasteiger partial charge in [-0.25, -0.2) is 5.43 Å². The average molecular weight is 507 g/mol. The van der Waals surface area contributed by atoms with E-state index in [-0.39, 0.29) is 11.7 Å². The largest absolute Gasteiger partial charge is 0.272 e. The number of carbonyl (C=O) groups excluding carboxylic acids is 1. The van der Waals surface area contributed by atoms with E-state index in [9.17, 15) is 4.79 Å². The Morgan fingerprint density at radius 3 is 2.56 bits per heavy atom. The predicted octanol–water partition coefficient (Wildman–Crippen LogP) is 4.72. The van der Waals surface area contributed by atoms with Gasteiger partial charge in [-0.3, -0.25) is 14.3 Å². The van der Waals surface area contributed by atoms with E-state index in [1.54, 1.807) is 12.4 Å². The first-order chi connectivity index (χ1) is 15.6. The van der Waals surface area contributed by atoms with Crippen molar-refractivity contribution in [3.8, 4) is 17.1 Å². The first-order valence-electron chi connectivity index (χ1n) is 9.75. The molecule has 0 saturated carbocycles. The molecular formula is C23H19BrN6OS. The lowest BCUT2D eigenvalue weighted by molar-refractivity contribution is -0.118. The van der Waals surface area contributed by atoms with Gasteiger partial charge < -0.3 is 0 Å². The molecule has 0 aliphatic rings. The summed E-state index contributed by atoms with van der Waals surface area (Å²) in [5, 5.41) is 13.5. The van der Waals surface area contributed by atoms with E-state index in [0.29, 0.717) is 16.7 Å². The van der Waals surface area contributed by atoms with Gasteiger partial charge >= 0.3 is 0 Å². The van der Waals surface area contributed by atoms with E-state index < -0.39 is 0 Å². The number of pyridine rings is 1. The maximum absolute atomic E-state index is 12.4. The summed E-state index contributed by atoms with van der Waals surface area (Å²) in [5.74, 6) is 0.624. The van der Waals surface area contributed by atoms with Gasteiger partial charge in [0, 0.05) is 33.7 Å². The Hall–Kier alpha value is -3.30. The molecule has 4 aromatic rings. The zero-order valence-electron chi connectivity index (χ0n) is 17.1. The third kappa shape index (κ3) is 5.30. The van der Waals surface area contributed by atoms with Crippen molar-refractivity contribution in [2.24, 2.45) is 5.10 Å². The highest BCUT2D eigenvalue weighted by atomic mass is 79.9. The number of amides is 1. The second-order valence-corrected chi connectivity index (χ2v) is 8.60. The fourth-order valence-electron chi connectivity index (χ4n) is 2.91. The van der Waals surface area contributed by atoms with Gasteiger partial charge in [-0.15, -0.1) is 10.2 Å². The second kappa shape index (κ2) is 10.3. The van der Waals surface area contributed by atoms with E-state index in [4.69, 9.17) is 0 Å². The number of thioether (sulfide) groups is 1. The second-order valence-electron chi connectivity index (χ2n) is 6.75. The van der Waals surface area contributed by atoms with Crippen LogP contribution in [0, 0.1) is 0 Å². The number of benzene rings is 2. The van der Waals surface area contributed by atoms with Gasteiger partial charge in [-0.1, -0.05) is 64.1 Å². The number of aromatic nitrogens is 4. The van der Waals surface area contributed by atoms with Gasteiger partial charge in [0.15, 0.2) is 11.0 Å². The Bertz CT molecular complexity index is 1230. The minimum Gasteiger partial charge on any atom is -0.272 e. The van der Waals surface area contributed by atoms with Crippen LogP contribution in [-0.4, -0.2) is 37.1 Å². The Kier molecular flexibility index (Phi) is 7.08. The van der Waals surface area contributed by atoms with Crippen molar-refractivity contribution in [1.82, 2.24) is 25.2 Å². The van der Waals surface area contributed by atoms with E-state index >= 15 is 0 Å². The standard InChI is InChI=1S/C23H19BrN6OS/c1-16(18-8-5-13-25-14-18)26-27-21(31)15-32-23-29-28-22(17-6-3-2-4-7-17)30(23)20-11-9-19(24)10-12-20/h2-14H,15H2,1H3,(H,27,31)/b26-16-. The molecule has 1 N–H and O–H groups in total. The van der Waals surface area contributed by atoms with E-state index in [1.165, 1.54) is 11.8 Å². The predicted molar refractivity (Wildman–Crippen MR) is 130 cm³/mol. The van der Waals surface area contributed by atoms with E-state index in [1.807, 2.05) is 78.2 Å². The lowest BCUT2D eigenvalue weighted by atomic mass is 10.2. The number of hydrazone groups is 1. The summed E-state index contributed by atoms with van der Waals surface area (Å²) in [6.45, 7) is 1.82. The molecule has 0 radical (unpaired) electrons. The first kappa shape index (κ1) is 21.9. The van der Waals surface area contributed by atoms with Crippen LogP contribution in [0.25, 0.3) is 17.1 Å². The Balaban J connectivity index is 1.53. The molecule has 0 saturated heterocycles. The third-order valence-electron chi connectivity index (χ3n) is 4.51. The number of nitrogens with one attached hydrogen (secondary N) is 1. The van der Waals surface area contributed by atoms with Crippen molar-refractivity contribution in [2.45, 2.75) is 12.1 Å². The minimum atomic E-state index is -0.232. The smallest absolute Gasteiger partial charge is 0.250 e. The van der Waals surface area contributed by atoms with Crippen LogP contribution in [0.2, 0.25) is 0 Å². The molecule has 0 atom stereocenters. The molecule has 0 bridgehead atoms. The van der Waals surface area contributed by atoms with Gasteiger partial charge in [-0.2, -0.15) is 5.10 Å². The zero-order chi connectivity index (χ0) is 22.3. The molecule has 0 fully saturated rings. The maximum Gasteiger partial charge on any atom is 0.250 e. The Morgan fingerprint density at radius 1 is 1.06 bits per heavy atom. The Morgan fingerprint density at radius 2 is 1.84 bits per heavy atom. The van der Waals surface area contributed by atoms with Crippen LogP contribution < -0.4 is 5.43 Å². The van der Waals surface area contributed by atoms with Crippen LogP contribution in [0.3, 0.4) is 0 Å². The molecule has 7 nitrogen and oxygen atoms in total. The fourth-order valence-corrected chi connectivity index (χ4v) is 3.92.